The zero-order valence-corrected chi connectivity index (χ0v) is 11.4. The molecule has 0 unspecified atom stereocenters. The van der Waals surface area contributed by atoms with E-state index < -0.39 is 10.0 Å². The van der Waals surface area contributed by atoms with Gasteiger partial charge in [-0.2, -0.15) is 0 Å². The monoisotopic (exact) mass is 282 g/mol. The molecular weight excluding hydrogens is 264 g/mol. The normalized spacial score (nSPS) is 23.8. The maximum absolute atomic E-state index is 12.0. The van der Waals surface area contributed by atoms with E-state index in [9.17, 15) is 13.5 Å². The van der Waals surface area contributed by atoms with Crippen molar-refractivity contribution in [1.29, 1.82) is 0 Å². The van der Waals surface area contributed by atoms with Crippen LogP contribution in [0.3, 0.4) is 0 Å². The van der Waals surface area contributed by atoms with E-state index >= 15 is 0 Å². The van der Waals surface area contributed by atoms with Gasteiger partial charge in [-0.25, -0.2) is 13.1 Å². The summed E-state index contributed by atoms with van der Waals surface area (Å²) in [5.74, 6) is 0. The van der Waals surface area contributed by atoms with Crippen LogP contribution in [0.2, 0.25) is 0 Å². The number of nitrogens with zero attached hydrogens (tertiary/aromatic N) is 1. The molecule has 1 aromatic carbocycles. The number of β-amino-alcohol motifs (C(OH)–C–C–N with tert-alkyl or cyclic N) is 1. The number of benzene rings is 1. The van der Waals surface area contributed by atoms with Gasteiger partial charge in [0.15, 0.2) is 0 Å². The summed E-state index contributed by atoms with van der Waals surface area (Å²) < 4.78 is 26.7. The number of aliphatic hydroxyl groups excluding tert-OH is 1. The average molecular weight is 282 g/mol. The highest BCUT2D eigenvalue weighted by atomic mass is 32.2. The predicted octanol–water partition coefficient (Wildman–Crippen LogP) is 0.698. The molecule has 0 spiro atoms. The largest absolute Gasteiger partial charge is 0.391 e. The summed E-state index contributed by atoms with van der Waals surface area (Å²) in [6.45, 7) is 1.43. The summed E-state index contributed by atoms with van der Waals surface area (Å²) in [6.07, 6.45) is 2.36. The van der Waals surface area contributed by atoms with Gasteiger partial charge in [-0.3, -0.25) is 0 Å². The number of nitrogens with one attached hydrogen (secondary N) is 1. The third kappa shape index (κ3) is 2.91. The number of rotatable bonds is 4. The van der Waals surface area contributed by atoms with Crippen molar-refractivity contribution in [1.82, 2.24) is 4.72 Å². The highest BCUT2D eigenvalue weighted by Crippen LogP contribution is 2.25. The molecule has 1 aromatic rings. The van der Waals surface area contributed by atoms with Crippen LogP contribution in [-0.4, -0.2) is 38.8 Å². The molecule has 0 bridgehead atoms. The smallest absolute Gasteiger partial charge is 0.240 e. The van der Waals surface area contributed by atoms with Gasteiger partial charge in [0.2, 0.25) is 10.0 Å². The number of sulfonamides is 1. The third-order valence-electron chi connectivity index (χ3n) is 3.57. The molecule has 0 aromatic heterocycles. The van der Waals surface area contributed by atoms with E-state index in [1.165, 1.54) is 0 Å². The van der Waals surface area contributed by atoms with E-state index in [4.69, 9.17) is 0 Å². The van der Waals surface area contributed by atoms with Crippen LogP contribution in [0.15, 0.2) is 29.2 Å². The van der Waals surface area contributed by atoms with Crippen LogP contribution in [0.1, 0.15) is 19.3 Å². The lowest BCUT2D eigenvalue weighted by atomic mass is 10.3. The van der Waals surface area contributed by atoms with Gasteiger partial charge in [0.1, 0.15) is 0 Å². The lowest BCUT2D eigenvalue weighted by Gasteiger charge is -2.18. The number of hydrogen-bond donors (Lipinski definition) is 2. The standard InChI is InChI=1S/C13H18N2O3S/c16-12-7-8-15(9-12)11-3-5-13(6-4-11)19(17,18)14-10-1-2-10/h3-6,10,12,14,16H,1-2,7-9H2/t12-/m0/s1. The van der Waals surface area contributed by atoms with Crippen LogP contribution < -0.4 is 9.62 Å². The molecule has 1 aliphatic carbocycles. The minimum atomic E-state index is -3.37. The first-order valence-corrected chi connectivity index (χ1v) is 8.08. The first-order valence-electron chi connectivity index (χ1n) is 6.60. The second kappa shape index (κ2) is 4.77. The molecule has 3 rings (SSSR count). The molecule has 19 heavy (non-hydrogen) atoms. The predicted molar refractivity (Wildman–Crippen MR) is 72.6 cm³/mol. The molecule has 1 atom stereocenters. The Balaban J connectivity index is 1.74. The summed E-state index contributed by atoms with van der Waals surface area (Å²) in [5, 5.41) is 9.50. The maximum atomic E-state index is 12.0. The Kier molecular flexibility index (Phi) is 3.24. The Morgan fingerprint density at radius 3 is 2.37 bits per heavy atom. The molecule has 1 aliphatic heterocycles. The van der Waals surface area contributed by atoms with E-state index in [1.807, 2.05) is 0 Å². The van der Waals surface area contributed by atoms with Gasteiger partial charge in [0.25, 0.3) is 0 Å². The molecule has 1 heterocycles. The van der Waals surface area contributed by atoms with Crippen molar-refractivity contribution in [2.45, 2.75) is 36.3 Å². The van der Waals surface area contributed by atoms with Crippen LogP contribution in [-0.2, 0) is 10.0 Å². The lowest BCUT2D eigenvalue weighted by Crippen LogP contribution is -2.26. The molecular formula is C13H18N2O3S. The second-order valence-electron chi connectivity index (χ2n) is 5.28. The minimum absolute atomic E-state index is 0.124. The van der Waals surface area contributed by atoms with Gasteiger partial charge in [-0.05, 0) is 43.5 Å². The molecule has 1 saturated carbocycles. The zero-order valence-electron chi connectivity index (χ0n) is 10.6. The summed E-state index contributed by atoms with van der Waals surface area (Å²) in [4.78, 5) is 2.37. The Morgan fingerprint density at radius 1 is 1.16 bits per heavy atom. The molecule has 104 valence electrons. The number of anilines is 1. The van der Waals surface area contributed by atoms with E-state index in [-0.39, 0.29) is 12.1 Å². The first kappa shape index (κ1) is 12.9. The fourth-order valence-electron chi connectivity index (χ4n) is 2.30. The summed E-state index contributed by atoms with van der Waals surface area (Å²) in [6, 6.07) is 6.99. The van der Waals surface area contributed by atoms with Crippen molar-refractivity contribution in [3.8, 4) is 0 Å². The molecule has 5 nitrogen and oxygen atoms in total. The summed E-state index contributed by atoms with van der Waals surface area (Å²) in [5.41, 5.74) is 0.960. The van der Waals surface area contributed by atoms with Gasteiger partial charge in [-0.15, -0.1) is 0 Å². The SMILES string of the molecule is O=S(=O)(NC1CC1)c1ccc(N2CC[C@H](O)C2)cc1. The van der Waals surface area contributed by atoms with Crippen LogP contribution in [0.4, 0.5) is 5.69 Å². The quantitative estimate of drug-likeness (QED) is 0.853. The summed E-state index contributed by atoms with van der Waals surface area (Å²) in [7, 11) is -3.37. The van der Waals surface area contributed by atoms with Crippen molar-refractivity contribution in [3.63, 3.8) is 0 Å². The molecule has 2 fully saturated rings. The Labute approximate surface area is 113 Å². The Bertz CT molecular complexity index is 552. The van der Waals surface area contributed by atoms with E-state index in [2.05, 4.69) is 9.62 Å². The van der Waals surface area contributed by atoms with Crippen LogP contribution in [0, 0.1) is 0 Å². The Morgan fingerprint density at radius 2 is 1.84 bits per heavy atom. The van der Waals surface area contributed by atoms with Crippen molar-refractivity contribution < 1.29 is 13.5 Å². The lowest BCUT2D eigenvalue weighted by molar-refractivity contribution is 0.198. The van der Waals surface area contributed by atoms with Crippen molar-refractivity contribution in [3.05, 3.63) is 24.3 Å². The highest BCUT2D eigenvalue weighted by molar-refractivity contribution is 7.89. The second-order valence-corrected chi connectivity index (χ2v) is 6.99. The molecule has 0 amide bonds. The van der Waals surface area contributed by atoms with E-state index in [0.29, 0.717) is 11.4 Å². The average Bonchev–Trinajstić information content (AvgIpc) is 3.07. The summed E-state index contributed by atoms with van der Waals surface area (Å²) >= 11 is 0. The van der Waals surface area contributed by atoms with Gasteiger partial charge < -0.3 is 10.0 Å². The highest BCUT2D eigenvalue weighted by Gasteiger charge is 2.28. The van der Waals surface area contributed by atoms with E-state index in [1.54, 1.807) is 24.3 Å². The fraction of sp³-hybridized carbons (Fsp3) is 0.538. The van der Waals surface area contributed by atoms with Gasteiger partial charge >= 0.3 is 0 Å². The van der Waals surface area contributed by atoms with Gasteiger partial charge in [-0.1, -0.05) is 0 Å². The molecule has 2 aliphatic rings. The van der Waals surface area contributed by atoms with Crippen molar-refractivity contribution in [2.24, 2.45) is 0 Å². The molecule has 0 radical (unpaired) electrons. The van der Waals surface area contributed by atoms with Gasteiger partial charge in [0, 0.05) is 24.8 Å². The van der Waals surface area contributed by atoms with Crippen LogP contribution in [0.25, 0.3) is 0 Å². The fourth-order valence-corrected chi connectivity index (χ4v) is 3.61. The minimum Gasteiger partial charge on any atom is -0.391 e. The van der Waals surface area contributed by atoms with E-state index in [0.717, 1.165) is 31.5 Å². The number of aliphatic hydroxyl groups is 1. The molecule has 1 saturated heterocycles. The maximum Gasteiger partial charge on any atom is 0.240 e. The first-order chi connectivity index (χ1) is 9.04. The van der Waals surface area contributed by atoms with Crippen molar-refractivity contribution >= 4 is 15.7 Å². The van der Waals surface area contributed by atoms with Crippen LogP contribution in [0.5, 0.6) is 0 Å². The van der Waals surface area contributed by atoms with Crippen molar-refractivity contribution in [2.75, 3.05) is 18.0 Å². The van der Waals surface area contributed by atoms with Crippen LogP contribution >= 0.6 is 0 Å². The molecule has 2 N–H and O–H groups in total. The van der Waals surface area contributed by atoms with Gasteiger partial charge in [0.05, 0.1) is 11.0 Å². The molecule has 6 heteroatoms. The Hall–Kier alpha value is -1.11. The number of hydrogen-bond acceptors (Lipinski definition) is 4. The zero-order chi connectivity index (χ0) is 13.5. The third-order valence-corrected chi connectivity index (χ3v) is 5.11. The topological polar surface area (TPSA) is 69.6 Å².